The van der Waals surface area contributed by atoms with Crippen molar-refractivity contribution in [3.05, 3.63) is 34.1 Å². The van der Waals surface area contributed by atoms with E-state index in [2.05, 4.69) is 39.1 Å². The van der Waals surface area contributed by atoms with Gasteiger partial charge in [0, 0.05) is 49.7 Å². The van der Waals surface area contributed by atoms with Gasteiger partial charge in [-0.2, -0.15) is 0 Å². The standard InChI is InChI=1S/C23H33N5O4S/c1-26(2)5-3-4-24-23(33)28(7-6-27-8-10-30-11-9-27)15-18-12-17-13-20-21(32-16-31-20)14-19(17)25-22(18)29/h12-14H,3-11,15-16H2,1-2H3,(H,24,33)(H,25,29). The molecule has 4 rings (SSSR count). The van der Waals surface area contributed by atoms with Crippen molar-refractivity contribution in [3.63, 3.8) is 0 Å². The number of ether oxygens (including phenoxy) is 3. The van der Waals surface area contributed by atoms with Crippen LogP contribution in [-0.4, -0.2) is 98.2 Å². The molecule has 9 nitrogen and oxygen atoms in total. The average molecular weight is 476 g/mol. The van der Waals surface area contributed by atoms with Gasteiger partial charge in [-0.3, -0.25) is 9.69 Å². The molecule has 33 heavy (non-hydrogen) atoms. The maximum atomic E-state index is 12.9. The first-order valence-corrected chi connectivity index (χ1v) is 11.8. The van der Waals surface area contributed by atoms with E-state index in [9.17, 15) is 4.79 Å². The van der Waals surface area contributed by atoms with Gasteiger partial charge in [-0.05, 0) is 51.4 Å². The number of pyridine rings is 1. The first-order chi connectivity index (χ1) is 16.0. The van der Waals surface area contributed by atoms with Crippen LogP contribution in [0.5, 0.6) is 11.5 Å². The summed E-state index contributed by atoms with van der Waals surface area (Å²) in [6, 6.07) is 5.65. The highest BCUT2D eigenvalue weighted by molar-refractivity contribution is 7.80. The molecule has 0 aliphatic carbocycles. The Bertz CT molecular complexity index is 1020. The molecular formula is C23H33N5O4S. The molecule has 2 N–H and O–H groups in total. The van der Waals surface area contributed by atoms with Gasteiger partial charge in [-0.1, -0.05) is 0 Å². The summed E-state index contributed by atoms with van der Waals surface area (Å²) in [7, 11) is 4.12. The van der Waals surface area contributed by atoms with E-state index < -0.39 is 0 Å². The first-order valence-electron chi connectivity index (χ1n) is 11.4. The van der Waals surface area contributed by atoms with Gasteiger partial charge in [0.25, 0.3) is 5.56 Å². The Morgan fingerprint density at radius 1 is 1.15 bits per heavy atom. The monoisotopic (exact) mass is 475 g/mol. The molecule has 180 valence electrons. The van der Waals surface area contributed by atoms with Crippen LogP contribution in [-0.2, 0) is 11.3 Å². The average Bonchev–Trinajstić information content (AvgIpc) is 3.26. The first kappa shape index (κ1) is 23.7. The molecule has 1 aromatic heterocycles. The molecule has 0 amide bonds. The Kier molecular flexibility index (Phi) is 8.02. The molecule has 2 aromatic rings. The van der Waals surface area contributed by atoms with E-state index in [1.54, 1.807) is 0 Å². The molecular weight excluding hydrogens is 442 g/mol. The maximum Gasteiger partial charge on any atom is 0.253 e. The lowest BCUT2D eigenvalue weighted by molar-refractivity contribution is 0.0357. The third kappa shape index (κ3) is 6.35. The van der Waals surface area contributed by atoms with Gasteiger partial charge in [0.15, 0.2) is 16.6 Å². The summed E-state index contributed by atoms with van der Waals surface area (Å²) in [5, 5.41) is 4.96. The molecule has 2 aliphatic heterocycles. The number of fused-ring (bicyclic) bond motifs is 2. The normalized spacial score (nSPS) is 15.8. The predicted molar refractivity (Wildman–Crippen MR) is 132 cm³/mol. The van der Waals surface area contributed by atoms with Crippen molar-refractivity contribution in [2.45, 2.75) is 13.0 Å². The highest BCUT2D eigenvalue weighted by atomic mass is 32.1. The van der Waals surface area contributed by atoms with Crippen molar-refractivity contribution in [1.82, 2.24) is 25.0 Å². The third-order valence-electron chi connectivity index (χ3n) is 5.91. The van der Waals surface area contributed by atoms with Crippen LogP contribution in [0.1, 0.15) is 12.0 Å². The molecule has 0 spiro atoms. The molecule has 10 heteroatoms. The summed E-state index contributed by atoms with van der Waals surface area (Å²) in [4.78, 5) is 22.5. The fourth-order valence-corrected chi connectivity index (χ4v) is 4.26. The van der Waals surface area contributed by atoms with Crippen LogP contribution < -0.4 is 20.3 Å². The summed E-state index contributed by atoms with van der Waals surface area (Å²) >= 11 is 5.73. The Morgan fingerprint density at radius 3 is 2.67 bits per heavy atom. The number of hydrogen-bond donors (Lipinski definition) is 2. The fourth-order valence-electron chi connectivity index (χ4n) is 4.01. The quantitative estimate of drug-likeness (QED) is 0.411. The zero-order valence-corrected chi connectivity index (χ0v) is 20.2. The zero-order chi connectivity index (χ0) is 23.2. The molecule has 2 aliphatic rings. The van der Waals surface area contributed by atoms with Crippen LogP contribution in [0.25, 0.3) is 10.9 Å². The van der Waals surface area contributed by atoms with Crippen LogP contribution in [0.15, 0.2) is 23.0 Å². The lowest BCUT2D eigenvalue weighted by atomic mass is 10.1. The molecule has 0 radical (unpaired) electrons. The number of hydrogen-bond acceptors (Lipinski definition) is 7. The molecule has 0 saturated carbocycles. The SMILES string of the molecule is CN(C)CCCNC(=S)N(CCN1CCOCC1)Cc1cc2cc3c(cc2[nH]c1=O)OCO3. The summed E-state index contributed by atoms with van der Waals surface area (Å²) in [5.41, 5.74) is 1.28. The minimum Gasteiger partial charge on any atom is -0.454 e. The zero-order valence-electron chi connectivity index (χ0n) is 19.4. The van der Waals surface area contributed by atoms with Gasteiger partial charge in [0.2, 0.25) is 6.79 Å². The lowest BCUT2D eigenvalue weighted by Gasteiger charge is -2.31. The molecule has 3 heterocycles. The number of thiocarbonyl (C=S) groups is 1. The van der Waals surface area contributed by atoms with Crippen LogP contribution in [0.2, 0.25) is 0 Å². The van der Waals surface area contributed by atoms with E-state index in [0.717, 1.165) is 69.8 Å². The Balaban J connectivity index is 1.48. The van der Waals surface area contributed by atoms with Crippen LogP contribution >= 0.6 is 12.2 Å². The largest absolute Gasteiger partial charge is 0.454 e. The van der Waals surface area contributed by atoms with Crippen LogP contribution in [0.3, 0.4) is 0 Å². The number of nitrogens with one attached hydrogen (secondary N) is 2. The van der Waals surface area contributed by atoms with Crippen molar-refractivity contribution in [2.75, 3.05) is 73.4 Å². The van der Waals surface area contributed by atoms with Crippen LogP contribution in [0.4, 0.5) is 0 Å². The van der Waals surface area contributed by atoms with Gasteiger partial charge in [0.1, 0.15) is 0 Å². The van der Waals surface area contributed by atoms with E-state index >= 15 is 0 Å². The Morgan fingerprint density at radius 2 is 1.91 bits per heavy atom. The summed E-state index contributed by atoms with van der Waals surface area (Å²) < 4.78 is 16.4. The molecule has 0 bridgehead atoms. The smallest absolute Gasteiger partial charge is 0.253 e. The highest BCUT2D eigenvalue weighted by Crippen LogP contribution is 2.35. The number of nitrogens with zero attached hydrogens (tertiary/aromatic N) is 3. The number of aromatic amines is 1. The maximum absolute atomic E-state index is 12.9. The second-order valence-electron chi connectivity index (χ2n) is 8.68. The van der Waals surface area contributed by atoms with Crippen molar-refractivity contribution in [2.24, 2.45) is 0 Å². The molecule has 0 unspecified atom stereocenters. The van der Waals surface area contributed by atoms with Crippen molar-refractivity contribution < 1.29 is 14.2 Å². The number of aromatic nitrogens is 1. The number of rotatable bonds is 9. The topological polar surface area (TPSA) is 82.3 Å². The molecule has 1 aromatic carbocycles. The van der Waals surface area contributed by atoms with E-state index in [0.29, 0.717) is 28.7 Å². The minimum absolute atomic E-state index is 0.117. The van der Waals surface area contributed by atoms with E-state index in [1.165, 1.54) is 0 Å². The lowest BCUT2D eigenvalue weighted by Crippen LogP contribution is -2.46. The number of morpholine rings is 1. The van der Waals surface area contributed by atoms with E-state index in [-0.39, 0.29) is 12.4 Å². The van der Waals surface area contributed by atoms with E-state index in [4.69, 9.17) is 26.4 Å². The Hall–Kier alpha value is -2.40. The van der Waals surface area contributed by atoms with Crippen molar-refractivity contribution in [3.8, 4) is 11.5 Å². The van der Waals surface area contributed by atoms with E-state index in [1.807, 2.05) is 18.2 Å². The van der Waals surface area contributed by atoms with Gasteiger partial charge in [-0.15, -0.1) is 0 Å². The van der Waals surface area contributed by atoms with Gasteiger partial charge < -0.3 is 34.3 Å². The summed E-state index contributed by atoms with van der Waals surface area (Å²) in [6.07, 6.45) is 0.994. The molecule has 1 saturated heterocycles. The third-order valence-corrected chi connectivity index (χ3v) is 6.31. The van der Waals surface area contributed by atoms with Crippen molar-refractivity contribution in [1.29, 1.82) is 0 Å². The van der Waals surface area contributed by atoms with Gasteiger partial charge >= 0.3 is 0 Å². The predicted octanol–water partition coefficient (Wildman–Crippen LogP) is 1.22. The number of benzene rings is 1. The van der Waals surface area contributed by atoms with Gasteiger partial charge in [0.05, 0.1) is 25.3 Å². The molecule has 1 fully saturated rings. The second kappa shape index (κ2) is 11.1. The second-order valence-corrected chi connectivity index (χ2v) is 9.07. The minimum atomic E-state index is -0.117. The number of H-pyrrole nitrogens is 1. The molecule has 0 atom stereocenters. The summed E-state index contributed by atoms with van der Waals surface area (Å²) in [6.45, 7) is 7.37. The fraction of sp³-hybridized carbons (Fsp3) is 0.565. The Labute approximate surface area is 199 Å². The van der Waals surface area contributed by atoms with Crippen molar-refractivity contribution >= 4 is 28.2 Å². The van der Waals surface area contributed by atoms with Gasteiger partial charge in [-0.25, -0.2) is 0 Å². The summed E-state index contributed by atoms with van der Waals surface area (Å²) in [5.74, 6) is 1.35. The van der Waals surface area contributed by atoms with Crippen LogP contribution in [0, 0.1) is 0 Å². The highest BCUT2D eigenvalue weighted by Gasteiger charge is 2.18.